The second-order valence-corrected chi connectivity index (χ2v) is 5.12. The summed E-state index contributed by atoms with van der Waals surface area (Å²) in [5, 5.41) is 0.686. The van der Waals surface area contributed by atoms with E-state index in [0.717, 1.165) is 5.52 Å². The minimum absolute atomic E-state index is 0.331. The zero-order valence-electron chi connectivity index (χ0n) is 11.0. The van der Waals surface area contributed by atoms with Crippen LogP contribution in [0.1, 0.15) is 10.4 Å². The predicted molar refractivity (Wildman–Crippen MR) is 78.0 cm³/mol. The lowest BCUT2D eigenvalue weighted by atomic mass is 10.2. The van der Waals surface area contributed by atoms with E-state index in [4.69, 9.17) is 10.5 Å². The maximum atomic E-state index is 11.7. The SMILES string of the molecule is COC(=O)c1cccc(Sc2ncnc3nc[nH]c23)c1N. The Balaban J connectivity index is 2.02. The van der Waals surface area contributed by atoms with E-state index in [-0.39, 0.29) is 0 Å². The fraction of sp³-hybridized carbons (Fsp3) is 0.0769. The van der Waals surface area contributed by atoms with E-state index in [0.29, 0.717) is 26.8 Å². The van der Waals surface area contributed by atoms with Gasteiger partial charge < -0.3 is 15.5 Å². The van der Waals surface area contributed by atoms with E-state index in [1.54, 1.807) is 18.5 Å². The summed E-state index contributed by atoms with van der Waals surface area (Å²) in [6.07, 6.45) is 2.99. The fourth-order valence-corrected chi connectivity index (χ4v) is 2.77. The summed E-state index contributed by atoms with van der Waals surface area (Å²) in [5.74, 6) is -0.468. The van der Waals surface area contributed by atoms with Crippen LogP contribution >= 0.6 is 11.8 Å². The van der Waals surface area contributed by atoms with Crippen LogP contribution in [0.4, 0.5) is 5.69 Å². The van der Waals surface area contributed by atoms with E-state index in [2.05, 4.69) is 19.9 Å². The highest BCUT2D eigenvalue weighted by Crippen LogP contribution is 2.35. The van der Waals surface area contributed by atoms with Crippen LogP contribution in [0.2, 0.25) is 0 Å². The summed E-state index contributed by atoms with van der Waals surface area (Å²) in [6, 6.07) is 5.18. The molecule has 0 saturated heterocycles. The van der Waals surface area contributed by atoms with Gasteiger partial charge >= 0.3 is 5.97 Å². The number of nitrogens with two attached hydrogens (primary N) is 1. The molecule has 0 bridgehead atoms. The van der Waals surface area contributed by atoms with Crippen molar-refractivity contribution in [3.8, 4) is 0 Å². The number of hydrogen-bond donors (Lipinski definition) is 2. The first-order valence-electron chi connectivity index (χ1n) is 5.99. The number of nitrogens with zero attached hydrogens (tertiary/aromatic N) is 3. The van der Waals surface area contributed by atoms with E-state index in [1.165, 1.54) is 25.2 Å². The molecule has 0 atom stereocenters. The number of aromatic nitrogens is 4. The lowest BCUT2D eigenvalue weighted by Crippen LogP contribution is -2.06. The molecule has 0 radical (unpaired) electrons. The molecule has 0 aliphatic heterocycles. The number of benzene rings is 1. The van der Waals surface area contributed by atoms with Gasteiger partial charge in [-0.15, -0.1) is 0 Å². The largest absolute Gasteiger partial charge is 0.465 e. The minimum Gasteiger partial charge on any atom is -0.465 e. The number of imidazole rings is 1. The monoisotopic (exact) mass is 301 g/mol. The van der Waals surface area contributed by atoms with Crippen LogP contribution in [0.25, 0.3) is 11.2 Å². The van der Waals surface area contributed by atoms with Gasteiger partial charge in [0.15, 0.2) is 5.65 Å². The lowest BCUT2D eigenvalue weighted by Gasteiger charge is -2.09. The molecule has 0 amide bonds. The van der Waals surface area contributed by atoms with Crippen molar-refractivity contribution in [2.45, 2.75) is 9.92 Å². The molecule has 3 rings (SSSR count). The summed E-state index contributed by atoms with van der Waals surface area (Å²) < 4.78 is 4.71. The van der Waals surface area contributed by atoms with E-state index in [9.17, 15) is 4.79 Å². The molecular formula is C13H11N5O2S. The zero-order valence-corrected chi connectivity index (χ0v) is 11.8. The molecule has 2 aromatic heterocycles. The minimum atomic E-state index is -0.468. The van der Waals surface area contributed by atoms with Crippen LogP contribution in [0.15, 0.2) is 40.8 Å². The molecular weight excluding hydrogens is 290 g/mol. The normalized spacial score (nSPS) is 10.7. The zero-order chi connectivity index (χ0) is 14.8. The van der Waals surface area contributed by atoms with Crippen molar-refractivity contribution in [2.24, 2.45) is 0 Å². The standard InChI is InChI=1S/C13H11N5O2S/c1-20-13(19)7-3-2-4-8(9(7)14)21-12-10-11(16-5-15-10)17-6-18-12/h2-6H,14H2,1H3,(H,15,16,17,18). The number of hydrogen-bond acceptors (Lipinski definition) is 7. The van der Waals surface area contributed by atoms with Crippen LogP contribution in [0, 0.1) is 0 Å². The molecule has 0 aliphatic rings. The number of para-hydroxylation sites is 1. The molecule has 2 heterocycles. The Kier molecular flexibility index (Phi) is 3.44. The molecule has 1 aromatic carbocycles. The first kappa shape index (κ1) is 13.4. The van der Waals surface area contributed by atoms with Gasteiger partial charge in [0.05, 0.1) is 24.7 Å². The van der Waals surface area contributed by atoms with Crippen LogP contribution in [-0.2, 0) is 4.74 Å². The molecule has 7 nitrogen and oxygen atoms in total. The molecule has 0 saturated carbocycles. The maximum Gasteiger partial charge on any atom is 0.339 e. The number of rotatable bonds is 3. The Morgan fingerprint density at radius 2 is 2.19 bits per heavy atom. The predicted octanol–water partition coefficient (Wildman–Crippen LogP) is 1.87. The van der Waals surface area contributed by atoms with Crippen LogP contribution in [0.3, 0.4) is 0 Å². The number of aromatic amines is 1. The summed E-state index contributed by atoms with van der Waals surface area (Å²) >= 11 is 1.34. The average molecular weight is 301 g/mol. The van der Waals surface area contributed by atoms with Crippen molar-refractivity contribution in [1.82, 2.24) is 19.9 Å². The number of ether oxygens (including phenoxy) is 1. The number of fused-ring (bicyclic) bond motifs is 1. The molecule has 21 heavy (non-hydrogen) atoms. The summed E-state index contributed by atoms with van der Waals surface area (Å²) in [6.45, 7) is 0. The van der Waals surface area contributed by atoms with Gasteiger partial charge in [-0.05, 0) is 12.1 Å². The smallest absolute Gasteiger partial charge is 0.339 e. The number of anilines is 1. The Labute approximate surface area is 124 Å². The van der Waals surface area contributed by atoms with Crippen molar-refractivity contribution in [1.29, 1.82) is 0 Å². The molecule has 0 unspecified atom stereocenters. The van der Waals surface area contributed by atoms with Gasteiger partial charge in [0.1, 0.15) is 16.9 Å². The number of esters is 1. The first-order chi connectivity index (χ1) is 10.2. The maximum absolute atomic E-state index is 11.7. The van der Waals surface area contributed by atoms with Crippen LogP contribution in [-0.4, -0.2) is 33.0 Å². The third kappa shape index (κ3) is 2.40. The van der Waals surface area contributed by atoms with Gasteiger partial charge in [0, 0.05) is 4.90 Å². The number of nitrogens with one attached hydrogen (secondary N) is 1. The van der Waals surface area contributed by atoms with Gasteiger partial charge in [-0.1, -0.05) is 17.8 Å². The average Bonchev–Trinajstić information content (AvgIpc) is 2.98. The number of carbonyl (C=O) groups excluding carboxylic acids is 1. The third-order valence-corrected chi connectivity index (χ3v) is 3.95. The molecule has 8 heteroatoms. The molecule has 0 fully saturated rings. The highest BCUT2D eigenvalue weighted by atomic mass is 32.2. The summed E-state index contributed by atoms with van der Waals surface area (Å²) in [4.78, 5) is 27.7. The molecule has 0 spiro atoms. The van der Waals surface area contributed by atoms with Crippen molar-refractivity contribution in [3.05, 3.63) is 36.4 Å². The molecule has 106 valence electrons. The van der Waals surface area contributed by atoms with Crippen LogP contribution in [0.5, 0.6) is 0 Å². The van der Waals surface area contributed by atoms with E-state index < -0.39 is 5.97 Å². The number of methoxy groups -OCH3 is 1. The van der Waals surface area contributed by atoms with E-state index in [1.807, 2.05) is 6.07 Å². The molecule has 3 aromatic rings. The van der Waals surface area contributed by atoms with Crippen LogP contribution < -0.4 is 5.73 Å². The first-order valence-corrected chi connectivity index (χ1v) is 6.81. The Morgan fingerprint density at radius 3 is 3.00 bits per heavy atom. The van der Waals surface area contributed by atoms with Gasteiger partial charge in [-0.3, -0.25) is 0 Å². The second kappa shape index (κ2) is 5.41. The Hall–Kier alpha value is -2.61. The number of nitrogen functional groups attached to an aromatic ring is 1. The van der Waals surface area contributed by atoms with Crippen molar-refractivity contribution in [2.75, 3.05) is 12.8 Å². The third-order valence-electron chi connectivity index (χ3n) is 2.87. The summed E-state index contributed by atoms with van der Waals surface area (Å²) in [7, 11) is 1.32. The highest BCUT2D eigenvalue weighted by molar-refractivity contribution is 7.99. The molecule has 3 N–H and O–H groups in total. The van der Waals surface area contributed by atoms with Crippen molar-refractivity contribution < 1.29 is 9.53 Å². The van der Waals surface area contributed by atoms with Crippen molar-refractivity contribution >= 4 is 34.6 Å². The number of carbonyl (C=O) groups is 1. The fourth-order valence-electron chi connectivity index (χ4n) is 1.85. The Morgan fingerprint density at radius 1 is 1.33 bits per heavy atom. The second-order valence-electron chi connectivity index (χ2n) is 4.09. The topological polar surface area (TPSA) is 107 Å². The van der Waals surface area contributed by atoms with Gasteiger partial charge in [-0.25, -0.2) is 19.7 Å². The summed E-state index contributed by atoms with van der Waals surface area (Å²) in [5.41, 5.74) is 8.03. The lowest BCUT2D eigenvalue weighted by molar-refractivity contribution is 0.0601. The van der Waals surface area contributed by atoms with E-state index >= 15 is 0 Å². The van der Waals surface area contributed by atoms with Gasteiger partial charge in [0.25, 0.3) is 0 Å². The Bertz CT molecular complexity index is 817. The highest BCUT2D eigenvalue weighted by Gasteiger charge is 2.15. The number of H-pyrrole nitrogens is 1. The quantitative estimate of drug-likeness (QED) is 0.432. The van der Waals surface area contributed by atoms with Gasteiger partial charge in [0.2, 0.25) is 0 Å². The molecule has 0 aliphatic carbocycles. The van der Waals surface area contributed by atoms with Crippen molar-refractivity contribution in [3.63, 3.8) is 0 Å². The van der Waals surface area contributed by atoms with Gasteiger partial charge in [-0.2, -0.15) is 0 Å².